The number of carbonyl (C=O) groups is 1. The number of H-pyrrole nitrogens is 1. The number of nitro groups is 2. The van der Waals surface area contributed by atoms with Crippen molar-refractivity contribution >= 4 is 63.7 Å². The largest absolute Gasteiger partial charge is 0.416 e. The van der Waals surface area contributed by atoms with Gasteiger partial charge < -0.3 is 34.6 Å². The summed E-state index contributed by atoms with van der Waals surface area (Å²) in [7, 11) is 1.40. The maximum atomic E-state index is 12.9. The van der Waals surface area contributed by atoms with Crippen LogP contribution in [-0.2, 0) is 11.0 Å². The SMILES string of the molecule is CON.Cc1cc(C(F)(F)F)ccc1C(=O)Nc1ccc(Cl)c(-c2nc3ccc(-n4cccc4)cc3[nH]2)c1.Cl.Nc1cc(-n2cccc2)ccc1[N+](=O)[O-].O=[N+]([O-])c1ccc(-n2cccc2)cc1. The summed E-state index contributed by atoms with van der Waals surface area (Å²) in [6, 6.07) is 36.3. The van der Waals surface area contributed by atoms with Crippen molar-refractivity contribution in [2.24, 2.45) is 5.90 Å². The molecule has 0 bridgehead atoms. The van der Waals surface area contributed by atoms with E-state index in [0.29, 0.717) is 22.1 Å². The number of imidazole rings is 1. The first-order chi connectivity index (χ1) is 32.1. The molecule has 0 aliphatic heterocycles. The molecule has 0 fully saturated rings. The van der Waals surface area contributed by atoms with Crippen molar-refractivity contribution in [3.63, 3.8) is 0 Å². The van der Waals surface area contributed by atoms with Crippen LogP contribution in [0.2, 0.25) is 5.02 Å². The summed E-state index contributed by atoms with van der Waals surface area (Å²) in [6.45, 7) is 1.47. The Hall–Kier alpha value is -8.23. The molecule has 0 radical (unpaired) electrons. The lowest BCUT2D eigenvalue weighted by molar-refractivity contribution is -0.384. The van der Waals surface area contributed by atoms with Crippen LogP contribution in [0.5, 0.6) is 0 Å². The molecule has 0 saturated carbocycles. The first kappa shape index (κ1) is 50.8. The van der Waals surface area contributed by atoms with Crippen LogP contribution < -0.4 is 16.9 Å². The number of aromatic amines is 1. The van der Waals surface area contributed by atoms with Gasteiger partial charge in [0.05, 0.1) is 38.6 Å². The normalized spacial score (nSPS) is 10.6. The minimum absolute atomic E-state index is 0. The van der Waals surface area contributed by atoms with Crippen molar-refractivity contribution in [2.45, 2.75) is 13.1 Å². The third kappa shape index (κ3) is 12.8. The fourth-order valence-electron chi connectivity index (χ4n) is 6.50. The number of hydrogen-bond acceptors (Lipinski definition) is 9. The molecule has 0 spiro atoms. The summed E-state index contributed by atoms with van der Waals surface area (Å²) in [5, 5.41) is 24.1. The maximum absolute atomic E-state index is 12.9. The maximum Gasteiger partial charge on any atom is 0.416 e. The number of amides is 1. The predicted octanol–water partition coefficient (Wildman–Crippen LogP) is 11.5. The van der Waals surface area contributed by atoms with E-state index >= 15 is 0 Å². The monoisotopic (exact) mass is 968 g/mol. The van der Waals surface area contributed by atoms with Gasteiger partial charge in [0.25, 0.3) is 17.3 Å². The van der Waals surface area contributed by atoms with E-state index in [4.69, 9.17) is 17.3 Å². The van der Waals surface area contributed by atoms with E-state index in [9.17, 15) is 38.2 Å². The average molecular weight is 970 g/mol. The zero-order valence-electron chi connectivity index (χ0n) is 35.9. The minimum Gasteiger partial charge on any atom is -0.393 e. The lowest BCUT2D eigenvalue weighted by Crippen LogP contribution is -2.15. The number of aromatic nitrogens is 5. The van der Waals surface area contributed by atoms with Gasteiger partial charge in [-0.25, -0.2) is 10.9 Å². The van der Waals surface area contributed by atoms with Crippen LogP contribution in [-0.4, -0.2) is 46.5 Å². The van der Waals surface area contributed by atoms with Gasteiger partial charge in [0.15, 0.2) is 0 Å². The molecular formula is C47H41Cl2F3N10O6. The number of nitro benzene ring substituents is 2. The van der Waals surface area contributed by atoms with E-state index in [2.05, 4.69) is 26.0 Å². The van der Waals surface area contributed by atoms with E-state index in [-0.39, 0.29) is 40.6 Å². The Morgan fingerprint density at radius 3 is 1.79 bits per heavy atom. The number of fused-ring (bicyclic) bond motifs is 1. The summed E-state index contributed by atoms with van der Waals surface area (Å²) in [5.41, 5.74) is 10.6. The Balaban J connectivity index is 0.000000215. The number of nitrogens with zero attached hydrogens (tertiary/aromatic N) is 6. The molecule has 5 aromatic carbocycles. The van der Waals surface area contributed by atoms with Crippen molar-refractivity contribution in [3.8, 4) is 28.5 Å². The number of rotatable bonds is 8. The van der Waals surface area contributed by atoms with Gasteiger partial charge in [0, 0.05) is 89.3 Å². The number of anilines is 2. The predicted molar refractivity (Wildman–Crippen MR) is 258 cm³/mol. The van der Waals surface area contributed by atoms with Gasteiger partial charge in [0.1, 0.15) is 11.5 Å². The van der Waals surface area contributed by atoms with Gasteiger partial charge in [-0.3, -0.25) is 25.0 Å². The van der Waals surface area contributed by atoms with Crippen LogP contribution in [0.1, 0.15) is 21.5 Å². The highest BCUT2D eigenvalue weighted by molar-refractivity contribution is 6.33. The molecule has 4 heterocycles. The van der Waals surface area contributed by atoms with E-state index in [0.717, 1.165) is 40.2 Å². The lowest BCUT2D eigenvalue weighted by Gasteiger charge is -2.12. The molecule has 0 atom stereocenters. The summed E-state index contributed by atoms with van der Waals surface area (Å²) >= 11 is 6.43. The van der Waals surface area contributed by atoms with E-state index in [1.807, 2.05) is 105 Å². The molecule has 0 aliphatic rings. The summed E-state index contributed by atoms with van der Waals surface area (Å²) in [6.07, 6.45) is 6.89. The smallest absolute Gasteiger partial charge is 0.393 e. The molecule has 21 heteroatoms. The number of hydrogen-bond donors (Lipinski definition) is 4. The third-order valence-corrected chi connectivity index (χ3v) is 10.0. The van der Waals surface area contributed by atoms with Crippen LogP contribution in [0.3, 0.4) is 0 Å². The second-order valence-corrected chi connectivity index (χ2v) is 14.7. The van der Waals surface area contributed by atoms with Crippen molar-refractivity contribution in [3.05, 3.63) is 213 Å². The van der Waals surface area contributed by atoms with Gasteiger partial charge in [-0.2, -0.15) is 13.2 Å². The van der Waals surface area contributed by atoms with Crippen molar-refractivity contribution in [2.75, 3.05) is 18.2 Å². The molecule has 1 amide bonds. The topological polar surface area (TPSA) is 220 Å². The highest BCUT2D eigenvalue weighted by Crippen LogP contribution is 2.33. The average Bonchev–Trinajstić information content (AvgIpc) is 4.16. The zero-order chi connectivity index (χ0) is 48.3. The van der Waals surface area contributed by atoms with Crippen molar-refractivity contribution in [1.82, 2.24) is 23.7 Å². The third-order valence-electron chi connectivity index (χ3n) is 9.72. The Bertz CT molecular complexity index is 3110. The van der Waals surface area contributed by atoms with Gasteiger partial charge in [0.2, 0.25) is 0 Å². The van der Waals surface area contributed by atoms with Crippen LogP contribution >= 0.6 is 24.0 Å². The second-order valence-electron chi connectivity index (χ2n) is 14.2. The summed E-state index contributed by atoms with van der Waals surface area (Å²) in [5.74, 6) is 4.35. The summed E-state index contributed by atoms with van der Waals surface area (Å²) < 4.78 is 44.5. The van der Waals surface area contributed by atoms with E-state index in [1.54, 1.807) is 42.5 Å². The van der Waals surface area contributed by atoms with Crippen LogP contribution in [0, 0.1) is 27.2 Å². The number of nitrogen functional groups attached to an aromatic ring is 1. The van der Waals surface area contributed by atoms with Gasteiger partial charge in [-0.1, -0.05) is 11.6 Å². The lowest BCUT2D eigenvalue weighted by atomic mass is 10.0. The zero-order valence-corrected chi connectivity index (χ0v) is 37.4. The summed E-state index contributed by atoms with van der Waals surface area (Å²) in [4.78, 5) is 44.5. The fourth-order valence-corrected chi connectivity index (χ4v) is 6.71. The van der Waals surface area contributed by atoms with E-state index < -0.39 is 27.5 Å². The van der Waals surface area contributed by atoms with Crippen LogP contribution in [0.4, 0.5) is 35.9 Å². The molecule has 16 nitrogen and oxygen atoms in total. The Morgan fingerprint density at radius 1 is 0.750 bits per heavy atom. The van der Waals surface area contributed by atoms with Crippen molar-refractivity contribution in [1.29, 1.82) is 0 Å². The number of carbonyl (C=O) groups excluding carboxylic acids is 1. The molecule has 68 heavy (non-hydrogen) atoms. The van der Waals surface area contributed by atoms with Crippen molar-refractivity contribution < 1.29 is 32.6 Å². The molecule has 9 rings (SSSR count). The number of nitrogens with one attached hydrogen (secondary N) is 2. The van der Waals surface area contributed by atoms with Crippen LogP contribution in [0.25, 0.3) is 39.5 Å². The number of halogens is 5. The van der Waals surface area contributed by atoms with E-state index in [1.165, 1.54) is 38.3 Å². The van der Waals surface area contributed by atoms with Gasteiger partial charge in [-0.05, 0) is 128 Å². The fraction of sp³-hybridized carbons (Fsp3) is 0.0638. The molecular weight excluding hydrogens is 928 g/mol. The number of nitrogens with two attached hydrogens (primary N) is 2. The highest BCUT2D eigenvalue weighted by atomic mass is 35.5. The first-order valence-electron chi connectivity index (χ1n) is 19.8. The number of aryl methyl sites for hydroxylation is 1. The number of benzene rings is 5. The standard InChI is InChI=1S/C26H18ClF3N4O.C10H9N3O2.C10H8N2O2.CH5NO.ClH/c1-15-12-16(26(28,29)30)4-7-19(15)25(35)31-17-5-8-21(27)20(13-17)24-32-22-9-6-18(14-23(22)33-24)34-10-2-3-11-34;11-9-7-8(12-5-1-2-6-12)3-4-10(9)13(14)15;13-12(14)10-5-3-9(4-6-10)11-7-1-2-8-11;1-3-2;/h2-14H,1H3,(H,31,35)(H,32,33);1-7H,11H2;1-8H;2H2,1H3;1H. The molecule has 9 aromatic rings. The van der Waals surface area contributed by atoms with Gasteiger partial charge in [-0.15, -0.1) is 12.4 Å². The molecule has 0 saturated heterocycles. The first-order valence-corrected chi connectivity index (χ1v) is 20.1. The number of non-ortho nitro benzene ring substituents is 1. The molecule has 0 aliphatic carbocycles. The number of alkyl halides is 3. The Labute approximate surface area is 396 Å². The minimum atomic E-state index is -4.47. The molecule has 6 N–H and O–H groups in total. The van der Waals surface area contributed by atoms with Crippen LogP contribution in [0.15, 0.2) is 171 Å². The second kappa shape index (κ2) is 22.8. The van der Waals surface area contributed by atoms with Gasteiger partial charge >= 0.3 is 6.18 Å². The molecule has 4 aromatic heterocycles. The molecule has 350 valence electrons. The molecule has 0 unspecified atom stereocenters. The highest BCUT2D eigenvalue weighted by Gasteiger charge is 2.31. The quantitative estimate of drug-likeness (QED) is 0.0645. The Morgan fingerprint density at radius 2 is 1.28 bits per heavy atom. The Kier molecular flexibility index (Phi) is 17.0.